The first kappa shape index (κ1) is 13.9. The van der Waals surface area contributed by atoms with Crippen LogP contribution in [0.15, 0.2) is 0 Å². The zero-order valence-electron chi connectivity index (χ0n) is 11.4. The lowest BCUT2D eigenvalue weighted by molar-refractivity contribution is -0.112. The molecule has 16 heavy (non-hydrogen) atoms. The zero-order valence-corrected chi connectivity index (χ0v) is 12.4. The Labute approximate surface area is 101 Å². The average molecular weight is 242 g/mol. The maximum absolute atomic E-state index is 10.9. The van der Waals surface area contributed by atoms with Crippen LogP contribution in [0.3, 0.4) is 0 Å². The number of rotatable bonds is 4. The molecule has 0 unspecified atom stereocenters. The van der Waals surface area contributed by atoms with Crippen LogP contribution >= 0.6 is 0 Å². The van der Waals surface area contributed by atoms with Crippen LogP contribution in [0.1, 0.15) is 40.0 Å². The van der Waals surface area contributed by atoms with Gasteiger partial charge in [0.05, 0.1) is 6.10 Å². The quantitative estimate of drug-likeness (QED) is 0.556. The van der Waals surface area contributed by atoms with Gasteiger partial charge in [0.25, 0.3) is 0 Å². The fourth-order valence-corrected chi connectivity index (χ4v) is 6.74. The molecule has 1 aliphatic carbocycles. The molecule has 0 N–H and O–H groups in total. The van der Waals surface area contributed by atoms with E-state index in [4.69, 9.17) is 4.43 Å². The molecule has 1 fully saturated rings. The fourth-order valence-electron chi connectivity index (χ4n) is 2.99. The zero-order chi connectivity index (χ0) is 12.4. The monoisotopic (exact) mass is 242 g/mol. The number of hydrogen-bond donors (Lipinski definition) is 0. The second kappa shape index (κ2) is 5.01. The lowest BCUT2D eigenvalue weighted by atomic mass is 10.0. The maximum Gasteiger partial charge on any atom is 0.187 e. The van der Waals surface area contributed by atoms with Crippen LogP contribution in [0.5, 0.6) is 0 Å². The van der Waals surface area contributed by atoms with E-state index >= 15 is 0 Å². The Morgan fingerprint density at radius 2 is 1.94 bits per heavy atom. The fraction of sp³-hybridized carbons (Fsp3) is 0.923. The highest BCUT2D eigenvalue weighted by molar-refractivity contribution is 6.71. The summed E-state index contributed by atoms with van der Waals surface area (Å²) in [5, 5.41) is 0. The van der Waals surface area contributed by atoms with Gasteiger partial charge in [-0.05, 0) is 37.4 Å². The van der Waals surface area contributed by atoms with Crippen molar-refractivity contribution in [2.24, 2.45) is 11.3 Å². The molecular formula is C13H26O2Si. The second-order valence-electron chi connectivity index (χ2n) is 6.88. The first-order valence-corrected chi connectivity index (χ1v) is 9.48. The van der Waals surface area contributed by atoms with E-state index in [0.717, 1.165) is 31.6 Å². The van der Waals surface area contributed by atoms with Crippen molar-refractivity contribution in [1.82, 2.24) is 0 Å². The molecule has 94 valence electrons. The number of carbonyl (C=O) groups excluding carboxylic acids is 1. The van der Waals surface area contributed by atoms with Crippen molar-refractivity contribution in [3.8, 4) is 0 Å². The first-order chi connectivity index (χ1) is 7.23. The molecule has 0 aromatic rings. The molecule has 3 heteroatoms. The van der Waals surface area contributed by atoms with Gasteiger partial charge in [0.15, 0.2) is 8.32 Å². The molecule has 2 atom stereocenters. The topological polar surface area (TPSA) is 26.3 Å². The van der Waals surface area contributed by atoms with Crippen molar-refractivity contribution in [2.45, 2.75) is 65.3 Å². The molecule has 0 aromatic carbocycles. The number of hydrogen-bond acceptors (Lipinski definition) is 2. The summed E-state index contributed by atoms with van der Waals surface area (Å²) in [7, 11) is -1.62. The first-order valence-electron chi connectivity index (χ1n) is 6.37. The van der Waals surface area contributed by atoms with Gasteiger partial charge in [0.2, 0.25) is 0 Å². The lowest BCUT2D eigenvalue weighted by Crippen LogP contribution is -2.40. The van der Waals surface area contributed by atoms with E-state index in [1.165, 1.54) is 0 Å². The van der Waals surface area contributed by atoms with Crippen molar-refractivity contribution in [3.05, 3.63) is 0 Å². The standard InChI is InChI=1S/C13H26O2Si/c1-13(2,3)10-16(4,5)15-12-8-6-7-11(12)9-14/h9,11-12H,6-8,10H2,1-5H3/t11-,12-/m1/s1. The van der Waals surface area contributed by atoms with E-state index in [2.05, 4.69) is 33.9 Å². The van der Waals surface area contributed by atoms with Crippen LogP contribution in [-0.2, 0) is 9.22 Å². The second-order valence-corrected chi connectivity index (χ2v) is 11.0. The minimum absolute atomic E-state index is 0.159. The van der Waals surface area contributed by atoms with E-state index in [9.17, 15) is 4.79 Å². The molecule has 1 rings (SSSR count). The highest BCUT2D eigenvalue weighted by Gasteiger charge is 2.36. The highest BCUT2D eigenvalue weighted by Crippen LogP contribution is 2.34. The molecule has 0 amide bonds. The Hall–Kier alpha value is -0.153. The third-order valence-corrected chi connectivity index (χ3v) is 5.96. The minimum atomic E-state index is -1.62. The van der Waals surface area contributed by atoms with Gasteiger partial charge in [-0.15, -0.1) is 0 Å². The van der Waals surface area contributed by atoms with Gasteiger partial charge in [-0.1, -0.05) is 27.2 Å². The van der Waals surface area contributed by atoms with E-state index in [-0.39, 0.29) is 12.0 Å². The summed E-state index contributed by atoms with van der Waals surface area (Å²) in [6.45, 7) is 11.3. The predicted octanol–water partition coefficient (Wildman–Crippen LogP) is 3.62. The van der Waals surface area contributed by atoms with E-state index in [0.29, 0.717) is 5.41 Å². The van der Waals surface area contributed by atoms with Crippen LogP contribution in [0.4, 0.5) is 0 Å². The Morgan fingerprint density at radius 3 is 2.44 bits per heavy atom. The Kier molecular flexibility index (Phi) is 4.35. The van der Waals surface area contributed by atoms with Crippen LogP contribution < -0.4 is 0 Å². The number of aldehydes is 1. The van der Waals surface area contributed by atoms with Crippen LogP contribution in [0, 0.1) is 11.3 Å². The lowest BCUT2D eigenvalue weighted by Gasteiger charge is -2.34. The molecule has 2 nitrogen and oxygen atoms in total. The van der Waals surface area contributed by atoms with Crippen LogP contribution in [0.25, 0.3) is 0 Å². The molecule has 0 spiro atoms. The van der Waals surface area contributed by atoms with Crippen molar-refractivity contribution in [2.75, 3.05) is 0 Å². The SMILES string of the molecule is CC(C)(C)C[Si](C)(C)O[C@@H]1CCC[C@@H]1C=O. The summed E-state index contributed by atoms with van der Waals surface area (Å²) in [6, 6.07) is 1.15. The third kappa shape index (κ3) is 4.38. The summed E-state index contributed by atoms with van der Waals surface area (Å²) < 4.78 is 6.29. The Balaban J connectivity index is 2.54. The molecule has 0 radical (unpaired) electrons. The third-order valence-electron chi connectivity index (χ3n) is 3.10. The summed E-state index contributed by atoms with van der Waals surface area (Å²) in [5.41, 5.74) is 0.324. The van der Waals surface area contributed by atoms with Crippen molar-refractivity contribution >= 4 is 14.6 Å². The summed E-state index contributed by atoms with van der Waals surface area (Å²) >= 11 is 0. The van der Waals surface area contributed by atoms with Gasteiger partial charge >= 0.3 is 0 Å². The highest BCUT2D eigenvalue weighted by atomic mass is 28.4. The average Bonchev–Trinajstić information content (AvgIpc) is 2.45. The summed E-state index contributed by atoms with van der Waals surface area (Å²) in [6.07, 6.45) is 4.55. The van der Waals surface area contributed by atoms with Gasteiger partial charge < -0.3 is 9.22 Å². The summed E-state index contributed by atoms with van der Waals surface area (Å²) in [4.78, 5) is 10.9. The minimum Gasteiger partial charge on any atom is -0.414 e. The molecule has 1 saturated carbocycles. The largest absolute Gasteiger partial charge is 0.414 e. The predicted molar refractivity (Wildman–Crippen MR) is 70.0 cm³/mol. The van der Waals surface area contributed by atoms with E-state index in [1.54, 1.807) is 0 Å². The molecular weight excluding hydrogens is 216 g/mol. The van der Waals surface area contributed by atoms with E-state index < -0.39 is 8.32 Å². The summed E-state index contributed by atoms with van der Waals surface area (Å²) in [5.74, 6) is 0.159. The molecule has 0 aliphatic heterocycles. The Morgan fingerprint density at radius 1 is 1.31 bits per heavy atom. The number of carbonyl (C=O) groups is 1. The van der Waals surface area contributed by atoms with Gasteiger partial charge in [-0.3, -0.25) is 0 Å². The van der Waals surface area contributed by atoms with Crippen LogP contribution in [0.2, 0.25) is 19.1 Å². The van der Waals surface area contributed by atoms with Crippen molar-refractivity contribution in [3.63, 3.8) is 0 Å². The maximum atomic E-state index is 10.9. The van der Waals surface area contributed by atoms with Gasteiger partial charge in [0.1, 0.15) is 6.29 Å². The van der Waals surface area contributed by atoms with Gasteiger partial charge in [-0.25, -0.2) is 0 Å². The van der Waals surface area contributed by atoms with Gasteiger partial charge in [0, 0.05) is 5.92 Å². The molecule has 0 saturated heterocycles. The Bertz CT molecular complexity index is 243. The molecule has 0 aromatic heterocycles. The smallest absolute Gasteiger partial charge is 0.187 e. The van der Waals surface area contributed by atoms with E-state index in [1.807, 2.05) is 0 Å². The van der Waals surface area contributed by atoms with Gasteiger partial charge in [-0.2, -0.15) is 0 Å². The molecule has 0 bridgehead atoms. The molecule has 1 aliphatic rings. The molecule has 0 heterocycles. The van der Waals surface area contributed by atoms with Crippen molar-refractivity contribution < 1.29 is 9.22 Å². The van der Waals surface area contributed by atoms with Crippen molar-refractivity contribution in [1.29, 1.82) is 0 Å². The van der Waals surface area contributed by atoms with Crippen LogP contribution in [-0.4, -0.2) is 20.7 Å². The normalized spacial score (nSPS) is 27.1.